The van der Waals surface area contributed by atoms with Gasteiger partial charge in [-0.05, 0) is 36.1 Å². The smallest absolute Gasteiger partial charge is 0.300 e. The predicted molar refractivity (Wildman–Crippen MR) is 74.1 cm³/mol. The van der Waals surface area contributed by atoms with Crippen LogP contribution in [0.3, 0.4) is 0 Å². The van der Waals surface area contributed by atoms with E-state index in [9.17, 15) is 14.9 Å². The number of nitrogens with zero attached hydrogens (tertiary/aromatic N) is 4. The van der Waals surface area contributed by atoms with Gasteiger partial charge in [-0.1, -0.05) is 0 Å². The molecule has 1 unspecified atom stereocenters. The number of hydrogen-bond donors (Lipinski definition) is 0. The third kappa shape index (κ3) is 2.32. The highest BCUT2D eigenvalue weighted by Gasteiger charge is 2.27. The molecule has 1 saturated heterocycles. The number of benzene rings is 1. The molecular formula is C13H14N4O4. The average molecular weight is 290 g/mol. The molecule has 1 aromatic carbocycles. The Morgan fingerprint density at radius 1 is 1.43 bits per heavy atom. The summed E-state index contributed by atoms with van der Waals surface area (Å²) >= 11 is 0. The molecule has 0 N–H and O–H groups in total. The Morgan fingerprint density at radius 3 is 2.90 bits per heavy atom. The highest BCUT2D eigenvalue weighted by molar-refractivity contribution is 5.94. The number of piperidine rings is 1. The lowest BCUT2D eigenvalue weighted by atomic mass is 9.94. The van der Waals surface area contributed by atoms with E-state index in [1.807, 2.05) is 4.90 Å². The molecule has 1 aliphatic rings. The van der Waals surface area contributed by atoms with Crippen LogP contribution >= 0.6 is 0 Å². The van der Waals surface area contributed by atoms with Crippen molar-refractivity contribution in [2.45, 2.75) is 19.8 Å². The Labute approximate surface area is 119 Å². The van der Waals surface area contributed by atoms with Gasteiger partial charge in [-0.25, -0.2) is 4.63 Å². The number of hydrogen-bond acceptors (Lipinski definition) is 7. The van der Waals surface area contributed by atoms with Crippen LogP contribution in [0.15, 0.2) is 16.8 Å². The Bertz CT molecular complexity index is 711. The zero-order valence-electron chi connectivity index (χ0n) is 11.5. The van der Waals surface area contributed by atoms with Gasteiger partial charge >= 0.3 is 5.69 Å². The first-order valence-electron chi connectivity index (χ1n) is 6.73. The van der Waals surface area contributed by atoms with Crippen LogP contribution in [-0.2, 0) is 4.79 Å². The van der Waals surface area contributed by atoms with E-state index in [1.165, 1.54) is 6.07 Å². The summed E-state index contributed by atoms with van der Waals surface area (Å²) in [6.45, 7) is 2.97. The summed E-state index contributed by atoms with van der Waals surface area (Å²) in [6.07, 6.45) is 1.77. The Morgan fingerprint density at radius 2 is 2.19 bits per heavy atom. The average Bonchev–Trinajstić information content (AvgIpc) is 2.95. The van der Waals surface area contributed by atoms with E-state index >= 15 is 0 Å². The van der Waals surface area contributed by atoms with Crippen molar-refractivity contribution in [2.75, 3.05) is 18.0 Å². The fourth-order valence-corrected chi connectivity index (χ4v) is 2.77. The standard InChI is InChI=1S/C13H14N4O4/c1-8(18)9-3-2-6-16(7-9)10-4-5-11(17(19)20)13-12(10)14-21-15-13/h4-5,9H,2-3,6-7H2,1H3. The maximum Gasteiger partial charge on any atom is 0.300 e. The second-order valence-electron chi connectivity index (χ2n) is 5.22. The number of carbonyl (C=O) groups excluding carboxylic acids is 1. The molecule has 8 heteroatoms. The molecule has 110 valence electrons. The van der Waals surface area contributed by atoms with Gasteiger partial charge in [-0.3, -0.25) is 14.9 Å². The molecule has 0 bridgehead atoms. The summed E-state index contributed by atoms with van der Waals surface area (Å²) in [5, 5.41) is 18.4. The van der Waals surface area contributed by atoms with Crippen molar-refractivity contribution in [1.29, 1.82) is 0 Å². The van der Waals surface area contributed by atoms with Gasteiger partial charge in [0, 0.05) is 25.1 Å². The van der Waals surface area contributed by atoms with Crippen molar-refractivity contribution >= 4 is 28.2 Å². The van der Waals surface area contributed by atoms with E-state index in [0.29, 0.717) is 12.1 Å². The quantitative estimate of drug-likeness (QED) is 0.628. The summed E-state index contributed by atoms with van der Waals surface area (Å²) in [5.41, 5.74) is 1.11. The fourth-order valence-electron chi connectivity index (χ4n) is 2.77. The third-order valence-electron chi connectivity index (χ3n) is 3.91. The predicted octanol–water partition coefficient (Wildman–Crippen LogP) is 1.94. The monoisotopic (exact) mass is 290 g/mol. The number of anilines is 1. The molecule has 8 nitrogen and oxygen atoms in total. The Balaban J connectivity index is 2.01. The molecule has 2 heterocycles. The van der Waals surface area contributed by atoms with E-state index in [1.54, 1.807) is 13.0 Å². The SMILES string of the molecule is CC(=O)C1CCCN(c2ccc([N+](=O)[O-])c3nonc23)C1. The number of ketones is 1. The van der Waals surface area contributed by atoms with Gasteiger partial charge in [0.25, 0.3) is 0 Å². The molecular weight excluding hydrogens is 276 g/mol. The van der Waals surface area contributed by atoms with Crippen molar-refractivity contribution < 1.29 is 14.3 Å². The zero-order chi connectivity index (χ0) is 15.0. The number of rotatable bonds is 3. The molecule has 2 aromatic rings. The van der Waals surface area contributed by atoms with Gasteiger partial charge < -0.3 is 4.90 Å². The van der Waals surface area contributed by atoms with Gasteiger partial charge in [0.15, 0.2) is 5.52 Å². The number of fused-ring (bicyclic) bond motifs is 1. The van der Waals surface area contributed by atoms with Crippen molar-refractivity contribution in [3.8, 4) is 0 Å². The molecule has 1 fully saturated rings. The number of non-ortho nitro benzene ring substituents is 1. The molecule has 0 radical (unpaired) electrons. The number of carbonyl (C=O) groups is 1. The lowest BCUT2D eigenvalue weighted by molar-refractivity contribution is -0.383. The van der Waals surface area contributed by atoms with Gasteiger partial charge in [0.2, 0.25) is 5.52 Å². The summed E-state index contributed by atoms with van der Waals surface area (Å²) in [5.74, 6) is 0.153. The minimum absolute atomic E-state index is 0.0103. The maximum absolute atomic E-state index is 11.6. The van der Waals surface area contributed by atoms with Gasteiger partial charge in [-0.15, -0.1) is 0 Å². The Kier molecular flexibility index (Phi) is 3.28. The highest BCUT2D eigenvalue weighted by atomic mass is 16.6. The third-order valence-corrected chi connectivity index (χ3v) is 3.91. The normalized spacial score (nSPS) is 18.9. The molecule has 1 atom stereocenters. The van der Waals surface area contributed by atoms with Crippen LogP contribution in [0.1, 0.15) is 19.8 Å². The lowest BCUT2D eigenvalue weighted by Gasteiger charge is -2.33. The van der Waals surface area contributed by atoms with Crippen LogP contribution in [0.2, 0.25) is 0 Å². The number of aromatic nitrogens is 2. The number of nitro groups is 1. The summed E-state index contributed by atoms with van der Waals surface area (Å²) < 4.78 is 4.66. The number of nitro benzene ring substituents is 1. The molecule has 0 spiro atoms. The molecule has 0 saturated carbocycles. The molecule has 3 rings (SSSR count). The van der Waals surface area contributed by atoms with Crippen LogP contribution < -0.4 is 4.90 Å². The van der Waals surface area contributed by atoms with Crippen molar-refractivity contribution in [1.82, 2.24) is 10.3 Å². The first kappa shape index (κ1) is 13.5. The van der Waals surface area contributed by atoms with Crippen LogP contribution in [0, 0.1) is 16.0 Å². The minimum Gasteiger partial charge on any atom is -0.369 e. The van der Waals surface area contributed by atoms with E-state index in [2.05, 4.69) is 14.9 Å². The molecule has 1 aliphatic heterocycles. The second-order valence-corrected chi connectivity index (χ2v) is 5.22. The highest BCUT2D eigenvalue weighted by Crippen LogP contribution is 2.33. The van der Waals surface area contributed by atoms with E-state index in [-0.39, 0.29) is 22.9 Å². The zero-order valence-corrected chi connectivity index (χ0v) is 11.5. The maximum atomic E-state index is 11.6. The van der Waals surface area contributed by atoms with Crippen LogP contribution in [0.4, 0.5) is 11.4 Å². The lowest BCUT2D eigenvalue weighted by Crippen LogP contribution is -2.38. The molecule has 0 aliphatic carbocycles. The Hall–Kier alpha value is -2.51. The van der Waals surface area contributed by atoms with Crippen LogP contribution in [0.25, 0.3) is 11.0 Å². The second kappa shape index (κ2) is 5.12. The molecule has 21 heavy (non-hydrogen) atoms. The minimum atomic E-state index is -0.509. The van der Waals surface area contributed by atoms with Gasteiger partial charge in [-0.2, -0.15) is 0 Å². The topological polar surface area (TPSA) is 102 Å². The fraction of sp³-hybridized carbons (Fsp3) is 0.462. The summed E-state index contributed by atoms with van der Waals surface area (Å²) in [4.78, 5) is 24.1. The summed E-state index contributed by atoms with van der Waals surface area (Å²) in [7, 11) is 0. The number of Topliss-reactive ketones (excluding diaryl/α,β-unsaturated/α-hetero) is 1. The molecule has 0 amide bonds. The van der Waals surface area contributed by atoms with Crippen molar-refractivity contribution in [3.05, 3.63) is 22.2 Å². The van der Waals surface area contributed by atoms with Crippen molar-refractivity contribution in [3.63, 3.8) is 0 Å². The van der Waals surface area contributed by atoms with Gasteiger partial charge in [0.1, 0.15) is 5.78 Å². The molecule has 1 aromatic heterocycles. The van der Waals surface area contributed by atoms with E-state index < -0.39 is 4.92 Å². The van der Waals surface area contributed by atoms with E-state index in [4.69, 9.17) is 0 Å². The van der Waals surface area contributed by atoms with Crippen LogP contribution in [0.5, 0.6) is 0 Å². The first-order chi connectivity index (χ1) is 10.1. The van der Waals surface area contributed by atoms with E-state index in [0.717, 1.165) is 25.1 Å². The summed E-state index contributed by atoms with van der Waals surface area (Å²) in [6, 6.07) is 3.05. The van der Waals surface area contributed by atoms with Crippen LogP contribution in [-0.4, -0.2) is 34.1 Å². The first-order valence-corrected chi connectivity index (χ1v) is 6.73. The van der Waals surface area contributed by atoms with Gasteiger partial charge in [0.05, 0.1) is 10.6 Å². The van der Waals surface area contributed by atoms with Crippen molar-refractivity contribution in [2.24, 2.45) is 5.92 Å². The largest absolute Gasteiger partial charge is 0.369 e.